The Morgan fingerprint density at radius 3 is 2.91 bits per heavy atom. The topological polar surface area (TPSA) is 83.0 Å². The van der Waals surface area contributed by atoms with Crippen molar-refractivity contribution >= 4 is 23.0 Å². The second-order valence-electron chi connectivity index (χ2n) is 9.64. The zero-order valence-electron chi connectivity index (χ0n) is 18.2. The number of benzene rings is 1. The molecule has 4 heterocycles. The highest BCUT2D eigenvalue weighted by molar-refractivity contribution is 5.92. The summed E-state index contributed by atoms with van der Waals surface area (Å²) in [6.45, 7) is 5.88. The lowest BCUT2D eigenvalue weighted by molar-refractivity contribution is 0.0945. The highest BCUT2D eigenvalue weighted by Crippen LogP contribution is 2.45. The molecule has 32 heavy (non-hydrogen) atoms. The summed E-state index contributed by atoms with van der Waals surface area (Å²) in [5.74, 6) is 2.49. The van der Waals surface area contributed by atoms with Crippen molar-refractivity contribution in [2.75, 3.05) is 13.1 Å². The van der Waals surface area contributed by atoms with Crippen LogP contribution < -0.4 is 10.9 Å². The highest BCUT2D eigenvalue weighted by Gasteiger charge is 2.44. The Labute approximate surface area is 186 Å². The first-order valence-electron chi connectivity index (χ1n) is 11.4. The number of fused-ring (bicyclic) bond motifs is 3. The standard InChI is InChI=1S/C25H27N5O2/c1-15-4-5-30-23(6-15)28-22(10-24(30)31)25(32)26-11-16-2-3-17-9-20(27-21(17)7-16)14-29-12-18-8-19(18)13-29/h2-5,7,9-10,15,18-19,27H,6,8,11-14H2,1H3,(H,26,32). The zero-order valence-corrected chi connectivity index (χ0v) is 18.2. The summed E-state index contributed by atoms with van der Waals surface area (Å²) < 4.78 is 1.51. The van der Waals surface area contributed by atoms with Gasteiger partial charge in [-0.25, -0.2) is 4.98 Å². The molecule has 0 radical (unpaired) electrons. The number of hydrogen-bond acceptors (Lipinski definition) is 4. The number of hydrogen-bond donors (Lipinski definition) is 2. The third kappa shape index (κ3) is 3.66. The van der Waals surface area contributed by atoms with Gasteiger partial charge in [-0.3, -0.25) is 19.1 Å². The summed E-state index contributed by atoms with van der Waals surface area (Å²) >= 11 is 0. The summed E-state index contributed by atoms with van der Waals surface area (Å²) in [4.78, 5) is 35.5. The van der Waals surface area contributed by atoms with Crippen LogP contribution in [-0.2, 0) is 19.5 Å². The number of allylic oxidation sites excluding steroid dienone is 1. The molecule has 3 atom stereocenters. The van der Waals surface area contributed by atoms with Crippen molar-refractivity contribution < 1.29 is 4.79 Å². The maximum Gasteiger partial charge on any atom is 0.270 e. The quantitative estimate of drug-likeness (QED) is 0.653. The molecule has 1 saturated heterocycles. The van der Waals surface area contributed by atoms with Crippen LogP contribution in [0, 0.1) is 17.8 Å². The summed E-state index contributed by atoms with van der Waals surface area (Å²) in [6.07, 6.45) is 5.79. The van der Waals surface area contributed by atoms with Gasteiger partial charge in [-0.2, -0.15) is 0 Å². The molecule has 2 N–H and O–H groups in total. The summed E-state index contributed by atoms with van der Waals surface area (Å²) in [5, 5.41) is 4.10. The van der Waals surface area contributed by atoms with Gasteiger partial charge in [0.2, 0.25) is 0 Å². The van der Waals surface area contributed by atoms with Crippen molar-refractivity contribution in [1.29, 1.82) is 0 Å². The largest absolute Gasteiger partial charge is 0.357 e. The van der Waals surface area contributed by atoms with Crippen LogP contribution >= 0.6 is 0 Å². The lowest BCUT2D eigenvalue weighted by Gasteiger charge is -2.16. The van der Waals surface area contributed by atoms with Crippen LogP contribution in [-0.4, -0.2) is 38.4 Å². The van der Waals surface area contributed by atoms with Crippen LogP contribution in [0.25, 0.3) is 17.1 Å². The normalized spacial score (nSPS) is 23.8. The average molecular weight is 430 g/mol. The van der Waals surface area contributed by atoms with Crippen LogP contribution in [0.15, 0.2) is 41.2 Å². The lowest BCUT2D eigenvalue weighted by Crippen LogP contribution is -2.30. The van der Waals surface area contributed by atoms with Crippen molar-refractivity contribution in [3.8, 4) is 0 Å². The smallest absolute Gasteiger partial charge is 0.270 e. The fourth-order valence-electron chi connectivity index (χ4n) is 5.12. The molecular formula is C25H27N5O2. The summed E-state index contributed by atoms with van der Waals surface area (Å²) in [7, 11) is 0. The number of aromatic nitrogens is 3. The van der Waals surface area contributed by atoms with Gasteiger partial charge in [0.25, 0.3) is 11.5 Å². The Bertz CT molecular complexity index is 1290. The van der Waals surface area contributed by atoms with E-state index in [4.69, 9.17) is 0 Å². The molecule has 2 fully saturated rings. The Morgan fingerprint density at radius 2 is 2.06 bits per heavy atom. The number of carbonyl (C=O) groups excluding carboxylic acids is 1. The molecule has 1 aliphatic carbocycles. The average Bonchev–Trinajstić information content (AvgIpc) is 3.18. The van der Waals surface area contributed by atoms with Gasteiger partial charge in [-0.05, 0) is 47.3 Å². The van der Waals surface area contributed by atoms with Gasteiger partial charge in [0, 0.05) is 56.1 Å². The molecule has 3 aliphatic rings. The highest BCUT2D eigenvalue weighted by atomic mass is 16.2. The minimum Gasteiger partial charge on any atom is -0.357 e. The van der Waals surface area contributed by atoms with Gasteiger partial charge < -0.3 is 10.3 Å². The molecule has 2 aromatic heterocycles. The van der Waals surface area contributed by atoms with E-state index in [1.807, 2.05) is 12.1 Å². The van der Waals surface area contributed by atoms with E-state index < -0.39 is 0 Å². The fraction of sp³-hybridized carbons (Fsp3) is 0.400. The number of carbonyl (C=O) groups is 1. The third-order valence-electron chi connectivity index (χ3n) is 6.97. The van der Waals surface area contributed by atoms with Gasteiger partial charge in [-0.1, -0.05) is 25.1 Å². The number of nitrogens with one attached hydrogen (secondary N) is 2. The molecule has 3 aromatic rings. The van der Waals surface area contributed by atoms with Gasteiger partial charge in [0.1, 0.15) is 11.5 Å². The molecule has 1 aromatic carbocycles. The zero-order chi connectivity index (χ0) is 21.8. The Hall–Kier alpha value is -3.19. The van der Waals surface area contributed by atoms with Gasteiger partial charge >= 0.3 is 0 Å². The molecule has 0 bridgehead atoms. The first kappa shape index (κ1) is 19.5. The van der Waals surface area contributed by atoms with Crippen molar-refractivity contribution in [1.82, 2.24) is 24.8 Å². The molecule has 0 spiro atoms. The Balaban J connectivity index is 1.13. The van der Waals surface area contributed by atoms with Crippen LogP contribution in [0.3, 0.4) is 0 Å². The Kier molecular flexibility index (Phi) is 4.54. The minimum atomic E-state index is -0.326. The number of likely N-dealkylation sites (tertiary alicyclic amines) is 1. The molecule has 2 aliphatic heterocycles. The molecule has 3 unspecified atom stereocenters. The third-order valence-corrected chi connectivity index (χ3v) is 6.97. The van der Waals surface area contributed by atoms with Crippen LogP contribution in [0.1, 0.15) is 40.9 Å². The van der Waals surface area contributed by atoms with E-state index in [-0.39, 0.29) is 17.2 Å². The predicted octanol–water partition coefficient (Wildman–Crippen LogP) is 2.77. The van der Waals surface area contributed by atoms with Crippen LogP contribution in [0.4, 0.5) is 0 Å². The molecular weight excluding hydrogens is 402 g/mol. The van der Waals surface area contributed by atoms with Crippen molar-refractivity contribution in [3.63, 3.8) is 0 Å². The number of H-pyrrole nitrogens is 1. The summed E-state index contributed by atoms with van der Waals surface area (Å²) in [6, 6.07) is 9.74. The van der Waals surface area contributed by atoms with E-state index in [2.05, 4.69) is 45.3 Å². The molecule has 7 nitrogen and oxygen atoms in total. The molecule has 1 saturated carbocycles. The monoisotopic (exact) mass is 429 g/mol. The van der Waals surface area contributed by atoms with Crippen LogP contribution in [0.5, 0.6) is 0 Å². The second-order valence-corrected chi connectivity index (χ2v) is 9.64. The molecule has 1 amide bonds. The number of aromatic amines is 1. The fourth-order valence-corrected chi connectivity index (χ4v) is 5.12. The summed E-state index contributed by atoms with van der Waals surface area (Å²) in [5.41, 5.74) is 3.29. The van der Waals surface area contributed by atoms with E-state index in [0.717, 1.165) is 29.5 Å². The van der Waals surface area contributed by atoms with Gasteiger partial charge in [0.05, 0.1) is 0 Å². The number of piperidine rings is 1. The van der Waals surface area contributed by atoms with E-state index in [1.165, 1.54) is 41.2 Å². The minimum absolute atomic E-state index is 0.177. The van der Waals surface area contributed by atoms with Crippen molar-refractivity contribution in [3.05, 3.63) is 69.5 Å². The first-order chi connectivity index (χ1) is 15.5. The van der Waals surface area contributed by atoms with Gasteiger partial charge in [-0.15, -0.1) is 0 Å². The molecule has 164 valence electrons. The lowest BCUT2D eigenvalue weighted by atomic mass is 10.1. The molecule has 7 heteroatoms. The maximum atomic E-state index is 12.7. The van der Waals surface area contributed by atoms with E-state index >= 15 is 0 Å². The number of amides is 1. The second kappa shape index (κ2) is 7.45. The van der Waals surface area contributed by atoms with E-state index in [9.17, 15) is 9.59 Å². The van der Waals surface area contributed by atoms with Gasteiger partial charge in [0.15, 0.2) is 0 Å². The number of rotatable bonds is 5. The van der Waals surface area contributed by atoms with E-state index in [1.54, 1.807) is 6.20 Å². The van der Waals surface area contributed by atoms with Crippen molar-refractivity contribution in [2.45, 2.75) is 32.9 Å². The molecule has 6 rings (SSSR count). The van der Waals surface area contributed by atoms with Crippen molar-refractivity contribution in [2.24, 2.45) is 17.8 Å². The first-order valence-corrected chi connectivity index (χ1v) is 11.4. The maximum absolute atomic E-state index is 12.7. The van der Waals surface area contributed by atoms with E-state index in [0.29, 0.717) is 24.7 Å². The predicted molar refractivity (Wildman–Crippen MR) is 123 cm³/mol. The SMILES string of the molecule is CC1C=Cn2c(nc(C(=O)NCc3ccc4cc(CN5CC6CC6C5)[nH]c4c3)cc2=O)C1. The number of nitrogens with zero attached hydrogens (tertiary/aromatic N) is 3. The Morgan fingerprint density at radius 1 is 1.22 bits per heavy atom. The van der Waals surface area contributed by atoms with Crippen LogP contribution in [0.2, 0.25) is 0 Å².